The second-order valence-corrected chi connectivity index (χ2v) is 7.84. The molecule has 3 rings (SSSR count). The van der Waals surface area contributed by atoms with Gasteiger partial charge in [-0.1, -0.05) is 56.2 Å². The van der Waals surface area contributed by atoms with E-state index in [2.05, 4.69) is 24.0 Å². The zero-order valence-electron chi connectivity index (χ0n) is 16.9. The molecule has 28 heavy (non-hydrogen) atoms. The van der Waals surface area contributed by atoms with E-state index in [0.717, 1.165) is 61.8 Å². The van der Waals surface area contributed by atoms with Crippen molar-refractivity contribution in [1.29, 1.82) is 0 Å². The van der Waals surface area contributed by atoms with E-state index in [1.807, 2.05) is 35.2 Å². The van der Waals surface area contributed by atoms with Crippen LogP contribution in [0.1, 0.15) is 43.0 Å². The molecule has 1 fully saturated rings. The molecule has 0 spiro atoms. The molecule has 0 bridgehead atoms. The lowest BCUT2D eigenvalue weighted by molar-refractivity contribution is 0.0436. The van der Waals surface area contributed by atoms with Gasteiger partial charge >= 0.3 is 0 Å². The van der Waals surface area contributed by atoms with Crippen molar-refractivity contribution in [3.05, 3.63) is 48.0 Å². The van der Waals surface area contributed by atoms with Gasteiger partial charge in [-0.25, -0.2) is 0 Å². The maximum absolute atomic E-state index is 13.3. The number of amides is 1. The van der Waals surface area contributed by atoms with Gasteiger partial charge in [0.1, 0.15) is 0 Å². The molecule has 3 N–H and O–H groups in total. The van der Waals surface area contributed by atoms with E-state index in [1.54, 1.807) is 0 Å². The predicted molar refractivity (Wildman–Crippen MR) is 114 cm³/mol. The lowest BCUT2D eigenvalue weighted by Gasteiger charge is -2.42. The van der Waals surface area contributed by atoms with Crippen LogP contribution >= 0.6 is 0 Å². The molecule has 2 atom stereocenters. The molecule has 1 amide bonds. The quantitative estimate of drug-likeness (QED) is 0.735. The zero-order chi connectivity index (χ0) is 19.9. The Morgan fingerprint density at radius 1 is 1.21 bits per heavy atom. The summed E-state index contributed by atoms with van der Waals surface area (Å²) in [6, 6.07) is 14.3. The number of benzene rings is 2. The van der Waals surface area contributed by atoms with Crippen molar-refractivity contribution in [3.8, 4) is 0 Å². The van der Waals surface area contributed by atoms with E-state index in [9.17, 15) is 4.79 Å². The number of nitrogens with zero attached hydrogens (tertiary/aromatic N) is 2. The summed E-state index contributed by atoms with van der Waals surface area (Å²) in [4.78, 5) is 17.7. The Kier molecular flexibility index (Phi) is 7.43. The molecule has 5 heteroatoms. The van der Waals surface area contributed by atoms with Crippen LogP contribution in [0.4, 0.5) is 0 Å². The van der Waals surface area contributed by atoms with Crippen LogP contribution in [-0.2, 0) is 0 Å². The van der Waals surface area contributed by atoms with Crippen molar-refractivity contribution in [2.75, 3.05) is 32.8 Å². The van der Waals surface area contributed by atoms with Crippen LogP contribution in [0.25, 0.3) is 10.8 Å². The highest BCUT2D eigenvalue weighted by Gasteiger charge is 2.30. The number of hydrogen-bond acceptors (Lipinski definition) is 4. The summed E-state index contributed by atoms with van der Waals surface area (Å²) in [6.45, 7) is 5.41. The molecule has 0 aromatic heterocycles. The number of aliphatic hydroxyl groups is 1. The second kappa shape index (κ2) is 10.0. The SMILES string of the molecule is CCCC[C@H]1CN(C(=O)c2cccc3ccccc23)CCN1CC(N)CCO. The Morgan fingerprint density at radius 2 is 2.00 bits per heavy atom. The monoisotopic (exact) mass is 383 g/mol. The van der Waals surface area contributed by atoms with Crippen LogP contribution in [0.15, 0.2) is 42.5 Å². The lowest BCUT2D eigenvalue weighted by Crippen LogP contribution is -2.57. The molecule has 0 aliphatic carbocycles. The molecular formula is C23H33N3O2. The molecule has 152 valence electrons. The Hall–Kier alpha value is -1.95. The molecule has 1 aliphatic heterocycles. The van der Waals surface area contributed by atoms with Crippen molar-refractivity contribution in [2.24, 2.45) is 5.73 Å². The Balaban J connectivity index is 1.75. The Morgan fingerprint density at radius 3 is 2.79 bits per heavy atom. The molecule has 0 saturated carbocycles. The van der Waals surface area contributed by atoms with E-state index in [4.69, 9.17) is 10.8 Å². The number of aliphatic hydroxyl groups excluding tert-OH is 1. The summed E-state index contributed by atoms with van der Waals surface area (Å²) in [5.41, 5.74) is 6.96. The molecular weight excluding hydrogens is 350 g/mol. The topological polar surface area (TPSA) is 69.8 Å². The predicted octanol–water partition coefficient (Wildman–Crippen LogP) is 2.87. The van der Waals surface area contributed by atoms with Crippen LogP contribution in [0.3, 0.4) is 0 Å². The molecule has 5 nitrogen and oxygen atoms in total. The highest BCUT2D eigenvalue weighted by molar-refractivity contribution is 6.07. The van der Waals surface area contributed by atoms with Gasteiger partial charge < -0.3 is 15.7 Å². The van der Waals surface area contributed by atoms with Gasteiger partial charge in [0.15, 0.2) is 0 Å². The Labute approximate surface area is 168 Å². The van der Waals surface area contributed by atoms with Gasteiger partial charge in [-0.15, -0.1) is 0 Å². The van der Waals surface area contributed by atoms with E-state index < -0.39 is 0 Å². The molecule has 1 aliphatic rings. The number of rotatable bonds is 8. The first-order chi connectivity index (χ1) is 13.6. The van der Waals surface area contributed by atoms with Crippen molar-refractivity contribution >= 4 is 16.7 Å². The molecule has 1 saturated heterocycles. The van der Waals surface area contributed by atoms with Gasteiger partial charge in [0.05, 0.1) is 0 Å². The van der Waals surface area contributed by atoms with Gasteiger partial charge in [-0.05, 0) is 29.7 Å². The minimum Gasteiger partial charge on any atom is -0.396 e. The number of fused-ring (bicyclic) bond motifs is 1. The number of carbonyl (C=O) groups is 1. The molecule has 2 aromatic carbocycles. The van der Waals surface area contributed by atoms with Crippen molar-refractivity contribution in [3.63, 3.8) is 0 Å². The van der Waals surface area contributed by atoms with Crippen LogP contribution < -0.4 is 5.73 Å². The van der Waals surface area contributed by atoms with Crippen LogP contribution in [-0.4, -0.2) is 65.7 Å². The van der Waals surface area contributed by atoms with Gasteiger partial charge in [0.2, 0.25) is 0 Å². The van der Waals surface area contributed by atoms with E-state index in [-0.39, 0.29) is 18.6 Å². The first-order valence-corrected chi connectivity index (χ1v) is 10.5. The third-order valence-electron chi connectivity index (χ3n) is 5.77. The summed E-state index contributed by atoms with van der Waals surface area (Å²) >= 11 is 0. The largest absolute Gasteiger partial charge is 0.396 e. The first kappa shape index (κ1) is 20.8. The van der Waals surface area contributed by atoms with E-state index in [0.29, 0.717) is 12.5 Å². The number of carbonyl (C=O) groups excluding carboxylic acids is 1. The summed E-state index contributed by atoms with van der Waals surface area (Å²) in [7, 11) is 0. The number of nitrogens with two attached hydrogens (primary N) is 1. The fourth-order valence-corrected chi connectivity index (χ4v) is 4.17. The first-order valence-electron chi connectivity index (χ1n) is 10.5. The van der Waals surface area contributed by atoms with Gasteiger partial charge in [-0.2, -0.15) is 0 Å². The second-order valence-electron chi connectivity index (χ2n) is 7.84. The minimum atomic E-state index is -0.0190. The summed E-state index contributed by atoms with van der Waals surface area (Å²) in [6.07, 6.45) is 3.98. The molecule has 2 aromatic rings. The third-order valence-corrected chi connectivity index (χ3v) is 5.77. The molecule has 0 radical (unpaired) electrons. The standard InChI is InChI=1S/C23H33N3O2/c1-2-3-9-20-17-26(14-13-25(20)16-19(24)12-15-27)23(28)22-11-6-8-18-7-4-5-10-21(18)22/h4-8,10-11,19-20,27H,2-3,9,12-17,24H2,1H3/t19?,20-/m0/s1. The van der Waals surface area contributed by atoms with Crippen LogP contribution in [0, 0.1) is 0 Å². The van der Waals surface area contributed by atoms with Crippen molar-refractivity contribution in [1.82, 2.24) is 9.80 Å². The summed E-state index contributed by atoms with van der Waals surface area (Å²) in [5, 5.41) is 11.3. The van der Waals surface area contributed by atoms with Gasteiger partial charge in [-0.3, -0.25) is 9.69 Å². The van der Waals surface area contributed by atoms with Crippen molar-refractivity contribution in [2.45, 2.75) is 44.7 Å². The Bertz CT molecular complexity index is 774. The summed E-state index contributed by atoms with van der Waals surface area (Å²) in [5.74, 6) is 0.123. The van der Waals surface area contributed by atoms with Gasteiger partial charge in [0, 0.05) is 50.4 Å². The number of unbranched alkanes of at least 4 members (excludes halogenated alkanes) is 1. The molecule has 1 heterocycles. The van der Waals surface area contributed by atoms with Gasteiger partial charge in [0.25, 0.3) is 5.91 Å². The third kappa shape index (κ3) is 4.90. The maximum atomic E-state index is 13.3. The average Bonchev–Trinajstić information content (AvgIpc) is 2.72. The zero-order valence-corrected chi connectivity index (χ0v) is 16.9. The average molecular weight is 384 g/mol. The fraction of sp³-hybridized carbons (Fsp3) is 0.522. The van der Waals surface area contributed by atoms with E-state index >= 15 is 0 Å². The maximum Gasteiger partial charge on any atom is 0.254 e. The minimum absolute atomic E-state index is 0.0190. The fourth-order valence-electron chi connectivity index (χ4n) is 4.17. The lowest BCUT2D eigenvalue weighted by atomic mass is 10.0. The normalized spacial score (nSPS) is 19.1. The van der Waals surface area contributed by atoms with E-state index in [1.165, 1.54) is 0 Å². The summed E-state index contributed by atoms with van der Waals surface area (Å²) < 4.78 is 0. The highest BCUT2D eigenvalue weighted by Crippen LogP contribution is 2.23. The van der Waals surface area contributed by atoms with Crippen LogP contribution in [0.5, 0.6) is 0 Å². The highest BCUT2D eigenvalue weighted by atomic mass is 16.3. The smallest absolute Gasteiger partial charge is 0.254 e. The number of hydrogen-bond donors (Lipinski definition) is 2. The molecule has 1 unspecified atom stereocenters. The number of piperazine rings is 1. The van der Waals surface area contributed by atoms with Crippen LogP contribution in [0.2, 0.25) is 0 Å². The van der Waals surface area contributed by atoms with Crippen molar-refractivity contribution < 1.29 is 9.90 Å².